The minimum absolute atomic E-state index is 0.00177. The minimum Gasteiger partial charge on any atom is -0.368 e. The van der Waals surface area contributed by atoms with E-state index in [9.17, 15) is 4.79 Å². The van der Waals surface area contributed by atoms with Crippen LogP contribution in [0.15, 0.2) is 36.5 Å². The Labute approximate surface area is 143 Å². The molecular formula is C19H25N3O2. The van der Waals surface area contributed by atoms with E-state index < -0.39 is 0 Å². The first-order chi connectivity index (χ1) is 11.6. The largest absolute Gasteiger partial charge is 0.368 e. The van der Waals surface area contributed by atoms with Gasteiger partial charge in [0.2, 0.25) is 5.91 Å². The van der Waals surface area contributed by atoms with Gasteiger partial charge in [-0.15, -0.1) is 0 Å². The van der Waals surface area contributed by atoms with Crippen LogP contribution in [0.4, 0.5) is 0 Å². The highest BCUT2D eigenvalue weighted by Crippen LogP contribution is 2.28. The molecule has 1 aromatic carbocycles. The zero-order chi connectivity index (χ0) is 17.1. The van der Waals surface area contributed by atoms with E-state index in [2.05, 4.69) is 36.4 Å². The Hall–Kier alpha value is -2.14. The van der Waals surface area contributed by atoms with Gasteiger partial charge in [-0.2, -0.15) is 5.10 Å². The maximum atomic E-state index is 12.4. The summed E-state index contributed by atoms with van der Waals surface area (Å²) in [5.74, 6) is 0.778. The van der Waals surface area contributed by atoms with Crippen molar-refractivity contribution in [3.63, 3.8) is 0 Å². The Kier molecular flexibility index (Phi) is 5.00. The summed E-state index contributed by atoms with van der Waals surface area (Å²) < 4.78 is 7.48. The molecule has 0 unspecified atom stereocenters. The van der Waals surface area contributed by atoms with Crippen LogP contribution in [0.25, 0.3) is 11.3 Å². The summed E-state index contributed by atoms with van der Waals surface area (Å²) >= 11 is 0. The maximum absolute atomic E-state index is 12.4. The van der Waals surface area contributed by atoms with Crippen molar-refractivity contribution in [3.05, 3.63) is 42.1 Å². The third-order valence-corrected chi connectivity index (χ3v) is 4.79. The van der Waals surface area contributed by atoms with Gasteiger partial charge in [-0.05, 0) is 35.4 Å². The number of hydrogen-bond donors (Lipinski definition) is 1. The second-order valence-electron chi connectivity index (χ2n) is 6.74. The van der Waals surface area contributed by atoms with Gasteiger partial charge in [-0.1, -0.05) is 38.1 Å². The predicted octanol–water partition coefficient (Wildman–Crippen LogP) is 2.76. The third-order valence-electron chi connectivity index (χ3n) is 4.79. The van der Waals surface area contributed by atoms with Crippen molar-refractivity contribution >= 4 is 5.91 Å². The predicted molar refractivity (Wildman–Crippen MR) is 93.2 cm³/mol. The number of nitrogens with zero attached hydrogens (tertiary/aromatic N) is 2. The number of aromatic nitrogens is 2. The van der Waals surface area contributed by atoms with Gasteiger partial charge in [-0.25, -0.2) is 0 Å². The summed E-state index contributed by atoms with van der Waals surface area (Å²) in [5, 5.41) is 7.20. The zero-order valence-electron chi connectivity index (χ0n) is 14.5. The average Bonchev–Trinajstić information content (AvgIpc) is 3.22. The molecule has 5 heteroatoms. The van der Waals surface area contributed by atoms with Crippen molar-refractivity contribution in [3.8, 4) is 11.3 Å². The molecule has 1 aromatic heterocycles. The fraction of sp³-hybridized carbons (Fsp3) is 0.474. The quantitative estimate of drug-likeness (QED) is 0.919. The summed E-state index contributed by atoms with van der Waals surface area (Å²) in [7, 11) is 1.93. The first kappa shape index (κ1) is 16.7. The summed E-state index contributed by atoms with van der Waals surface area (Å²) in [5.41, 5.74) is 3.27. The number of rotatable bonds is 5. The van der Waals surface area contributed by atoms with Gasteiger partial charge < -0.3 is 10.1 Å². The third kappa shape index (κ3) is 3.51. The molecular weight excluding hydrogens is 302 g/mol. The van der Waals surface area contributed by atoms with Gasteiger partial charge >= 0.3 is 0 Å². The van der Waals surface area contributed by atoms with E-state index in [4.69, 9.17) is 4.74 Å². The van der Waals surface area contributed by atoms with Crippen LogP contribution in [-0.2, 0) is 23.1 Å². The van der Waals surface area contributed by atoms with E-state index in [1.54, 1.807) is 6.20 Å². The van der Waals surface area contributed by atoms with Crippen molar-refractivity contribution in [2.24, 2.45) is 18.9 Å². The Balaban J connectivity index is 1.59. The molecule has 2 heterocycles. The molecule has 0 aliphatic carbocycles. The number of nitrogens with one attached hydrogen (secondary N) is 1. The highest BCUT2D eigenvalue weighted by Gasteiger charge is 2.35. The van der Waals surface area contributed by atoms with Crippen LogP contribution in [-0.4, -0.2) is 28.4 Å². The van der Waals surface area contributed by atoms with Crippen LogP contribution >= 0.6 is 0 Å². The second kappa shape index (κ2) is 7.18. The number of carbonyl (C=O) groups excluding carboxylic acids is 1. The van der Waals surface area contributed by atoms with Crippen molar-refractivity contribution < 1.29 is 9.53 Å². The summed E-state index contributed by atoms with van der Waals surface area (Å²) in [6.45, 7) is 5.50. The van der Waals surface area contributed by atoms with Crippen LogP contribution in [0, 0.1) is 11.8 Å². The van der Waals surface area contributed by atoms with E-state index in [0.29, 0.717) is 25.0 Å². The molecule has 0 spiro atoms. The Bertz CT molecular complexity index is 691. The molecule has 0 bridgehead atoms. The number of benzene rings is 1. The minimum atomic E-state index is -0.307. The van der Waals surface area contributed by atoms with E-state index in [1.165, 1.54) is 0 Å². The van der Waals surface area contributed by atoms with Crippen molar-refractivity contribution in [2.45, 2.75) is 32.9 Å². The van der Waals surface area contributed by atoms with Gasteiger partial charge in [-0.3, -0.25) is 9.48 Å². The van der Waals surface area contributed by atoms with E-state index >= 15 is 0 Å². The molecule has 24 heavy (non-hydrogen) atoms. The number of carbonyl (C=O) groups is 1. The summed E-state index contributed by atoms with van der Waals surface area (Å²) in [6.07, 6.45) is 2.45. The zero-order valence-corrected chi connectivity index (χ0v) is 14.5. The molecule has 1 saturated heterocycles. The monoisotopic (exact) mass is 327 g/mol. The lowest BCUT2D eigenvalue weighted by molar-refractivity contribution is -0.132. The molecule has 5 nitrogen and oxygen atoms in total. The summed E-state index contributed by atoms with van der Waals surface area (Å²) in [6, 6.07) is 10.2. The second-order valence-corrected chi connectivity index (χ2v) is 6.74. The standard InChI is InChI=1S/C19H25N3O2/c1-13(2)16-9-11-24-18(16)19(23)20-12-14-4-6-15(7-5-14)17-8-10-21-22(17)3/h4-8,10,13,16,18H,9,11-12H2,1-3H3,(H,20,23)/t16-,18-/m1/s1. The van der Waals surface area contributed by atoms with Crippen LogP contribution in [0.1, 0.15) is 25.8 Å². The lowest BCUT2D eigenvalue weighted by Crippen LogP contribution is -2.39. The fourth-order valence-electron chi connectivity index (χ4n) is 3.30. The van der Waals surface area contributed by atoms with Crippen LogP contribution in [0.2, 0.25) is 0 Å². The Morgan fingerprint density at radius 2 is 2.08 bits per heavy atom. The maximum Gasteiger partial charge on any atom is 0.249 e. The van der Waals surface area contributed by atoms with Gasteiger partial charge in [0.05, 0.1) is 5.69 Å². The van der Waals surface area contributed by atoms with Gasteiger partial charge in [0, 0.05) is 26.4 Å². The Morgan fingerprint density at radius 3 is 2.71 bits per heavy atom. The highest BCUT2D eigenvalue weighted by atomic mass is 16.5. The fourth-order valence-corrected chi connectivity index (χ4v) is 3.30. The van der Waals surface area contributed by atoms with Gasteiger partial charge in [0.25, 0.3) is 0 Å². The lowest BCUT2D eigenvalue weighted by atomic mass is 9.89. The van der Waals surface area contributed by atoms with Crippen LogP contribution in [0.5, 0.6) is 0 Å². The molecule has 1 amide bonds. The van der Waals surface area contributed by atoms with E-state index in [0.717, 1.165) is 23.2 Å². The number of hydrogen-bond acceptors (Lipinski definition) is 3. The number of ether oxygens (including phenoxy) is 1. The number of aryl methyl sites for hydroxylation is 1. The van der Waals surface area contributed by atoms with Gasteiger partial charge in [0.1, 0.15) is 6.10 Å². The molecule has 1 aliphatic rings. The smallest absolute Gasteiger partial charge is 0.249 e. The van der Waals surface area contributed by atoms with Crippen molar-refractivity contribution in [1.82, 2.24) is 15.1 Å². The first-order valence-electron chi connectivity index (χ1n) is 8.53. The lowest BCUT2D eigenvalue weighted by Gasteiger charge is -2.21. The molecule has 0 radical (unpaired) electrons. The van der Waals surface area contributed by atoms with Crippen LogP contribution < -0.4 is 5.32 Å². The average molecular weight is 327 g/mol. The number of amides is 1. The molecule has 0 saturated carbocycles. The molecule has 128 valence electrons. The topological polar surface area (TPSA) is 56.1 Å². The van der Waals surface area contributed by atoms with Crippen molar-refractivity contribution in [2.75, 3.05) is 6.61 Å². The summed E-state index contributed by atoms with van der Waals surface area (Å²) in [4.78, 5) is 12.4. The van der Waals surface area contributed by atoms with Crippen molar-refractivity contribution in [1.29, 1.82) is 0 Å². The molecule has 3 rings (SSSR count). The SMILES string of the molecule is CC(C)[C@H]1CCO[C@H]1C(=O)NCc1ccc(-c2ccnn2C)cc1. The molecule has 1 N–H and O–H groups in total. The molecule has 1 fully saturated rings. The molecule has 1 aliphatic heterocycles. The normalized spacial score (nSPS) is 20.5. The highest BCUT2D eigenvalue weighted by molar-refractivity contribution is 5.81. The van der Waals surface area contributed by atoms with Gasteiger partial charge in [0.15, 0.2) is 0 Å². The Morgan fingerprint density at radius 1 is 1.33 bits per heavy atom. The molecule has 2 atom stereocenters. The van der Waals surface area contributed by atoms with E-state index in [1.807, 2.05) is 29.9 Å². The molecule has 2 aromatic rings. The van der Waals surface area contributed by atoms with E-state index in [-0.39, 0.29) is 12.0 Å². The van der Waals surface area contributed by atoms with Crippen LogP contribution in [0.3, 0.4) is 0 Å². The first-order valence-corrected chi connectivity index (χ1v) is 8.53.